The predicted octanol–water partition coefficient (Wildman–Crippen LogP) is 2.03. The third-order valence-corrected chi connectivity index (χ3v) is 4.78. The van der Waals surface area contributed by atoms with Crippen molar-refractivity contribution in [3.05, 3.63) is 54.1 Å². The number of nitriles is 1. The monoisotopic (exact) mass is 372 g/mol. The molecule has 0 aromatic heterocycles. The molecular formula is C18H20N4O3S. The molecule has 0 atom stereocenters. The second-order valence-corrected chi connectivity index (χ2v) is 7.82. The number of rotatable bonds is 6. The van der Waals surface area contributed by atoms with Crippen LogP contribution >= 0.6 is 0 Å². The zero-order valence-electron chi connectivity index (χ0n) is 14.8. The summed E-state index contributed by atoms with van der Waals surface area (Å²) in [6, 6.07) is 15.2. The highest BCUT2D eigenvalue weighted by molar-refractivity contribution is 7.92. The van der Waals surface area contributed by atoms with E-state index in [2.05, 4.69) is 5.32 Å². The summed E-state index contributed by atoms with van der Waals surface area (Å²) < 4.78 is 25.3. The Labute approximate surface area is 153 Å². The maximum Gasteiger partial charge on any atom is 0.245 e. The third-order valence-electron chi connectivity index (χ3n) is 3.64. The summed E-state index contributed by atoms with van der Waals surface area (Å²) in [5.41, 5.74) is 2.30. The molecule has 136 valence electrons. The quantitative estimate of drug-likeness (QED) is 0.837. The first-order valence-corrected chi connectivity index (χ1v) is 9.60. The molecule has 0 bridgehead atoms. The number of anilines is 3. The van der Waals surface area contributed by atoms with E-state index in [0.717, 1.165) is 16.2 Å². The van der Waals surface area contributed by atoms with Gasteiger partial charge in [-0.2, -0.15) is 5.26 Å². The molecule has 2 rings (SSSR count). The Bertz CT molecular complexity index is 914. The van der Waals surface area contributed by atoms with Crippen molar-refractivity contribution in [2.75, 3.05) is 41.4 Å². The minimum absolute atomic E-state index is 0.347. The van der Waals surface area contributed by atoms with Crippen molar-refractivity contribution in [3.8, 4) is 6.07 Å². The third kappa shape index (κ3) is 4.97. The Hall–Kier alpha value is -3.05. The molecule has 2 aromatic carbocycles. The van der Waals surface area contributed by atoms with E-state index in [1.807, 2.05) is 25.1 Å². The number of nitrogens with one attached hydrogen (secondary N) is 1. The second-order valence-electron chi connectivity index (χ2n) is 5.92. The predicted molar refractivity (Wildman–Crippen MR) is 103 cm³/mol. The van der Waals surface area contributed by atoms with Gasteiger partial charge in [-0.1, -0.05) is 0 Å². The smallest absolute Gasteiger partial charge is 0.245 e. The van der Waals surface area contributed by atoms with Gasteiger partial charge in [-0.3, -0.25) is 9.10 Å². The van der Waals surface area contributed by atoms with Crippen LogP contribution in [0.3, 0.4) is 0 Å². The van der Waals surface area contributed by atoms with Crippen molar-refractivity contribution in [2.45, 2.75) is 0 Å². The fourth-order valence-corrected chi connectivity index (χ4v) is 3.13. The maximum atomic E-state index is 12.3. The Morgan fingerprint density at radius 2 is 1.58 bits per heavy atom. The molecule has 26 heavy (non-hydrogen) atoms. The molecule has 0 aliphatic carbocycles. The molecule has 1 amide bonds. The van der Waals surface area contributed by atoms with Crippen LogP contribution in [0.2, 0.25) is 0 Å². The summed E-state index contributed by atoms with van der Waals surface area (Å²) >= 11 is 0. The molecule has 0 saturated carbocycles. The molecule has 0 aliphatic rings. The van der Waals surface area contributed by atoms with Gasteiger partial charge in [0, 0.05) is 25.5 Å². The van der Waals surface area contributed by atoms with Crippen LogP contribution in [0.5, 0.6) is 0 Å². The highest BCUT2D eigenvalue weighted by atomic mass is 32.2. The van der Waals surface area contributed by atoms with Gasteiger partial charge in [0.15, 0.2) is 0 Å². The van der Waals surface area contributed by atoms with Crippen LogP contribution in [0, 0.1) is 11.3 Å². The zero-order valence-corrected chi connectivity index (χ0v) is 15.6. The molecule has 0 heterocycles. The Kier molecular flexibility index (Phi) is 5.85. The fourth-order valence-electron chi connectivity index (χ4n) is 2.28. The van der Waals surface area contributed by atoms with Crippen molar-refractivity contribution in [2.24, 2.45) is 0 Å². The number of amides is 1. The zero-order chi connectivity index (χ0) is 19.3. The average molecular weight is 372 g/mol. The van der Waals surface area contributed by atoms with Crippen LogP contribution in [0.1, 0.15) is 5.56 Å². The largest absolute Gasteiger partial charge is 0.378 e. The summed E-state index contributed by atoms with van der Waals surface area (Å²) in [7, 11) is 0.133. The van der Waals surface area contributed by atoms with Gasteiger partial charge in [0.1, 0.15) is 6.54 Å². The number of sulfonamides is 1. The molecule has 0 aliphatic heterocycles. The summed E-state index contributed by atoms with van der Waals surface area (Å²) in [6.45, 7) is -0.347. The molecule has 7 nitrogen and oxygen atoms in total. The number of carbonyl (C=O) groups excluding carboxylic acids is 1. The van der Waals surface area contributed by atoms with Crippen LogP contribution in [0.25, 0.3) is 0 Å². The van der Waals surface area contributed by atoms with Crippen LogP contribution in [-0.2, 0) is 14.8 Å². The number of carbonyl (C=O) groups is 1. The van der Waals surface area contributed by atoms with Gasteiger partial charge in [0.25, 0.3) is 0 Å². The van der Waals surface area contributed by atoms with E-state index >= 15 is 0 Å². The van der Waals surface area contributed by atoms with Gasteiger partial charge < -0.3 is 10.2 Å². The Morgan fingerprint density at radius 3 is 2.04 bits per heavy atom. The van der Waals surface area contributed by atoms with Gasteiger partial charge in [0.2, 0.25) is 15.9 Å². The van der Waals surface area contributed by atoms with Gasteiger partial charge in [-0.05, 0) is 48.5 Å². The molecule has 0 fully saturated rings. The highest BCUT2D eigenvalue weighted by Gasteiger charge is 2.21. The van der Waals surface area contributed by atoms with Gasteiger partial charge in [0.05, 0.1) is 23.6 Å². The number of nitrogens with zero attached hydrogens (tertiary/aromatic N) is 3. The van der Waals surface area contributed by atoms with Crippen molar-refractivity contribution in [3.63, 3.8) is 0 Å². The van der Waals surface area contributed by atoms with Gasteiger partial charge in [-0.25, -0.2) is 8.42 Å². The lowest BCUT2D eigenvalue weighted by Gasteiger charge is -2.23. The topological polar surface area (TPSA) is 93.5 Å². The lowest BCUT2D eigenvalue weighted by atomic mass is 10.2. The molecule has 0 saturated heterocycles. The van der Waals surface area contributed by atoms with Crippen LogP contribution in [-0.4, -0.2) is 41.2 Å². The van der Waals surface area contributed by atoms with E-state index < -0.39 is 15.9 Å². The van der Waals surface area contributed by atoms with E-state index in [1.54, 1.807) is 48.5 Å². The van der Waals surface area contributed by atoms with E-state index in [4.69, 9.17) is 5.26 Å². The first-order valence-electron chi connectivity index (χ1n) is 7.76. The molecule has 0 unspecified atom stereocenters. The number of benzene rings is 2. The van der Waals surface area contributed by atoms with E-state index in [9.17, 15) is 13.2 Å². The minimum Gasteiger partial charge on any atom is -0.378 e. The molecule has 1 N–H and O–H groups in total. The lowest BCUT2D eigenvalue weighted by Crippen LogP contribution is -2.37. The van der Waals surface area contributed by atoms with Gasteiger partial charge in [-0.15, -0.1) is 0 Å². The summed E-state index contributed by atoms with van der Waals surface area (Å²) in [4.78, 5) is 14.2. The van der Waals surface area contributed by atoms with Crippen molar-refractivity contribution in [1.29, 1.82) is 5.26 Å². The molecule has 2 aromatic rings. The standard InChI is InChI=1S/C18H20N4O3S/c1-21(2)16-8-10-17(11-9-16)22(26(3,24)25)13-18(23)20-15-6-4-14(12-19)5-7-15/h4-11H,13H2,1-3H3,(H,20,23). The summed E-state index contributed by atoms with van der Waals surface area (Å²) in [6.07, 6.45) is 1.06. The maximum absolute atomic E-state index is 12.3. The summed E-state index contributed by atoms with van der Waals surface area (Å²) in [5.74, 6) is -0.475. The summed E-state index contributed by atoms with van der Waals surface area (Å²) in [5, 5.41) is 11.4. The van der Waals surface area contributed by atoms with Gasteiger partial charge >= 0.3 is 0 Å². The van der Waals surface area contributed by atoms with E-state index in [0.29, 0.717) is 16.9 Å². The average Bonchev–Trinajstić information content (AvgIpc) is 2.59. The molecular weight excluding hydrogens is 352 g/mol. The molecule has 0 spiro atoms. The Balaban J connectivity index is 2.17. The normalized spacial score (nSPS) is 10.7. The highest BCUT2D eigenvalue weighted by Crippen LogP contribution is 2.21. The molecule has 0 radical (unpaired) electrons. The number of hydrogen-bond acceptors (Lipinski definition) is 5. The molecule has 8 heteroatoms. The first kappa shape index (κ1) is 19.3. The Morgan fingerprint density at radius 1 is 1.04 bits per heavy atom. The van der Waals surface area contributed by atoms with Crippen molar-refractivity contribution < 1.29 is 13.2 Å². The fraction of sp³-hybridized carbons (Fsp3) is 0.222. The van der Waals surface area contributed by atoms with E-state index in [1.165, 1.54) is 0 Å². The first-order chi connectivity index (χ1) is 12.2. The van der Waals surface area contributed by atoms with Crippen LogP contribution < -0.4 is 14.5 Å². The van der Waals surface area contributed by atoms with Crippen molar-refractivity contribution >= 4 is 33.0 Å². The lowest BCUT2D eigenvalue weighted by molar-refractivity contribution is -0.114. The van der Waals surface area contributed by atoms with Crippen molar-refractivity contribution in [1.82, 2.24) is 0 Å². The van der Waals surface area contributed by atoms with E-state index in [-0.39, 0.29) is 6.54 Å². The minimum atomic E-state index is -3.63. The SMILES string of the molecule is CN(C)c1ccc(N(CC(=O)Nc2ccc(C#N)cc2)S(C)(=O)=O)cc1. The van der Waals surface area contributed by atoms with Crippen LogP contribution in [0.15, 0.2) is 48.5 Å². The number of hydrogen-bond donors (Lipinski definition) is 1. The van der Waals surface area contributed by atoms with Crippen LogP contribution in [0.4, 0.5) is 17.1 Å². The second kappa shape index (κ2) is 7.89.